The highest BCUT2D eigenvalue weighted by molar-refractivity contribution is 6.03. The van der Waals surface area contributed by atoms with Gasteiger partial charge in [0.25, 0.3) is 0 Å². The summed E-state index contributed by atoms with van der Waals surface area (Å²) >= 11 is 0. The molecular formula is C22H39N3O3. The molecule has 4 amide bonds. The minimum Gasteiger partial charge on any atom is -0.338 e. The number of unbranched alkanes of at least 4 members (excludes halogenated alkanes) is 1. The molecular weight excluding hydrogens is 354 g/mol. The lowest BCUT2D eigenvalue weighted by Crippen LogP contribution is -2.46. The predicted molar refractivity (Wildman–Crippen MR) is 111 cm³/mol. The highest BCUT2D eigenvalue weighted by atomic mass is 16.2. The van der Waals surface area contributed by atoms with Crippen LogP contribution in [-0.2, 0) is 9.59 Å². The van der Waals surface area contributed by atoms with Crippen LogP contribution in [0, 0.1) is 22.7 Å². The van der Waals surface area contributed by atoms with Crippen LogP contribution in [0.1, 0.15) is 73.6 Å². The molecule has 28 heavy (non-hydrogen) atoms. The van der Waals surface area contributed by atoms with Gasteiger partial charge in [0.15, 0.2) is 0 Å². The monoisotopic (exact) mass is 393 g/mol. The second-order valence-corrected chi connectivity index (χ2v) is 10.6. The van der Waals surface area contributed by atoms with E-state index in [1.54, 1.807) is 0 Å². The minimum absolute atomic E-state index is 0.00785. The van der Waals surface area contributed by atoms with E-state index < -0.39 is 0 Å². The maximum absolute atomic E-state index is 12.5. The third kappa shape index (κ3) is 5.71. The summed E-state index contributed by atoms with van der Waals surface area (Å²) in [5.74, 6) is 0.360. The summed E-state index contributed by atoms with van der Waals surface area (Å²) in [7, 11) is 0. The second kappa shape index (κ2) is 8.83. The number of piperidine rings is 1. The first-order chi connectivity index (χ1) is 12.9. The molecule has 0 aromatic heterocycles. The molecule has 2 fully saturated rings. The summed E-state index contributed by atoms with van der Waals surface area (Å²) in [6, 6.07) is 0.00785. The molecule has 160 valence electrons. The number of amides is 4. The van der Waals surface area contributed by atoms with Crippen molar-refractivity contribution in [1.29, 1.82) is 0 Å². The first-order valence-electron chi connectivity index (χ1n) is 10.8. The molecule has 1 atom stereocenters. The van der Waals surface area contributed by atoms with Gasteiger partial charge in [-0.25, -0.2) is 4.79 Å². The SMILES string of the molecule is CC(C)(C)C1CCN(C(=O)NCCCCN2C(=O)CC(C(C)(C)C)C2=O)CC1. The topological polar surface area (TPSA) is 69.7 Å². The summed E-state index contributed by atoms with van der Waals surface area (Å²) in [5, 5.41) is 2.99. The van der Waals surface area contributed by atoms with Crippen molar-refractivity contribution in [3.8, 4) is 0 Å². The maximum atomic E-state index is 12.5. The summed E-state index contributed by atoms with van der Waals surface area (Å²) in [4.78, 5) is 40.3. The van der Waals surface area contributed by atoms with E-state index in [-0.39, 0.29) is 29.2 Å². The molecule has 1 unspecified atom stereocenters. The largest absolute Gasteiger partial charge is 0.338 e. The van der Waals surface area contributed by atoms with Crippen LogP contribution in [0.5, 0.6) is 0 Å². The lowest BCUT2D eigenvalue weighted by Gasteiger charge is -2.38. The van der Waals surface area contributed by atoms with E-state index in [9.17, 15) is 14.4 Å². The fraction of sp³-hybridized carbons (Fsp3) is 0.864. The van der Waals surface area contributed by atoms with Gasteiger partial charge < -0.3 is 10.2 Å². The Morgan fingerprint density at radius 2 is 1.61 bits per heavy atom. The lowest BCUT2D eigenvalue weighted by molar-refractivity contribution is -0.140. The first kappa shape index (κ1) is 22.7. The number of rotatable bonds is 5. The number of hydrogen-bond donors (Lipinski definition) is 1. The first-order valence-corrected chi connectivity index (χ1v) is 10.8. The van der Waals surface area contributed by atoms with Gasteiger partial charge in [0.1, 0.15) is 0 Å². The van der Waals surface area contributed by atoms with Gasteiger partial charge in [0, 0.05) is 32.6 Å². The van der Waals surface area contributed by atoms with E-state index in [0.717, 1.165) is 38.8 Å². The van der Waals surface area contributed by atoms with Gasteiger partial charge >= 0.3 is 6.03 Å². The Labute approximate surface area is 170 Å². The van der Waals surface area contributed by atoms with E-state index in [2.05, 4.69) is 26.1 Å². The smallest absolute Gasteiger partial charge is 0.317 e. The average Bonchev–Trinajstić information content (AvgIpc) is 2.88. The van der Waals surface area contributed by atoms with Gasteiger partial charge in [0.05, 0.1) is 5.92 Å². The fourth-order valence-corrected chi connectivity index (χ4v) is 4.25. The molecule has 6 heteroatoms. The number of likely N-dealkylation sites (tertiary alicyclic amines) is 2. The molecule has 0 bridgehead atoms. The van der Waals surface area contributed by atoms with E-state index in [4.69, 9.17) is 0 Å². The van der Waals surface area contributed by atoms with E-state index in [0.29, 0.717) is 30.8 Å². The van der Waals surface area contributed by atoms with Crippen LogP contribution in [0.3, 0.4) is 0 Å². The van der Waals surface area contributed by atoms with Gasteiger partial charge in [-0.3, -0.25) is 14.5 Å². The Bertz CT molecular complexity index is 581. The third-order valence-corrected chi connectivity index (χ3v) is 6.38. The van der Waals surface area contributed by atoms with Crippen molar-refractivity contribution < 1.29 is 14.4 Å². The van der Waals surface area contributed by atoms with Crippen molar-refractivity contribution in [3.63, 3.8) is 0 Å². The van der Waals surface area contributed by atoms with Gasteiger partial charge in [0.2, 0.25) is 11.8 Å². The van der Waals surface area contributed by atoms with E-state index in [1.165, 1.54) is 4.90 Å². The molecule has 2 saturated heterocycles. The number of nitrogens with zero attached hydrogens (tertiary/aromatic N) is 2. The summed E-state index contributed by atoms with van der Waals surface area (Å²) in [5.41, 5.74) is 0.120. The summed E-state index contributed by atoms with van der Waals surface area (Å²) in [6.45, 7) is 15.5. The molecule has 2 aliphatic rings. The zero-order chi connectivity index (χ0) is 21.1. The molecule has 0 radical (unpaired) electrons. The number of imide groups is 1. The number of carbonyl (C=O) groups excluding carboxylic acids is 3. The van der Waals surface area contributed by atoms with Crippen molar-refractivity contribution in [1.82, 2.24) is 15.1 Å². The van der Waals surface area contributed by atoms with Gasteiger partial charge in [-0.05, 0) is 42.4 Å². The average molecular weight is 394 g/mol. The zero-order valence-electron chi connectivity index (χ0n) is 18.6. The van der Waals surface area contributed by atoms with Crippen molar-refractivity contribution in [3.05, 3.63) is 0 Å². The molecule has 0 aromatic carbocycles. The highest BCUT2D eigenvalue weighted by Gasteiger charge is 2.44. The number of carbonyl (C=O) groups is 3. The van der Waals surface area contributed by atoms with Crippen LogP contribution in [0.4, 0.5) is 4.79 Å². The Hall–Kier alpha value is -1.59. The predicted octanol–water partition coefficient (Wildman–Crippen LogP) is 3.66. The van der Waals surface area contributed by atoms with Gasteiger partial charge in [-0.15, -0.1) is 0 Å². The van der Waals surface area contributed by atoms with Crippen molar-refractivity contribution in [2.45, 2.75) is 73.6 Å². The molecule has 0 aromatic rings. The van der Waals surface area contributed by atoms with Gasteiger partial charge in [-0.1, -0.05) is 41.5 Å². The second-order valence-electron chi connectivity index (χ2n) is 10.6. The number of nitrogens with one attached hydrogen (secondary N) is 1. The minimum atomic E-state index is -0.212. The normalized spacial score (nSPS) is 22.1. The summed E-state index contributed by atoms with van der Waals surface area (Å²) < 4.78 is 0. The van der Waals surface area contributed by atoms with Crippen LogP contribution in [0.2, 0.25) is 0 Å². The zero-order valence-corrected chi connectivity index (χ0v) is 18.6. The van der Waals surface area contributed by atoms with Crippen LogP contribution in [0.15, 0.2) is 0 Å². The molecule has 0 spiro atoms. The molecule has 6 nitrogen and oxygen atoms in total. The van der Waals surface area contributed by atoms with Crippen molar-refractivity contribution in [2.75, 3.05) is 26.2 Å². The standard InChI is InChI=1S/C22H39N3O3/c1-21(2,3)16-9-13-24(14-10-16)20(28)23-11-7-8-12-25-18(26)15-17(19(25)27)22(4,5)6/h16-17H,7-15H2,1-6H3,(H,23,28). The van der Waals surface area contributed by atoms with Crippen LogP contribution < -0.4 is 5.32 Å². The molecule has 0 aliphatic carbocycles. The van der Waals surface area contributed by atoms with Crippen LogP contribution in [-0.4, -0.2) is 53.8 Å². The fourth-order valence-electron chi connectivity index (χ4n) is 4.25. The van der Waals surface area contributed by atoms with Crippen molar-refractivity contribution >= 4 is 17.8 Å². The Kier molecular flexibility index (Phi) is 7.16. The molecule has 2 aliphatic heterocycles. The molecule has 0 saturated carbocycles. The molecule has 2 heterocycles. The molecule has 2 rings (SSSR count). The lowest BCUT2D eigenvalue weighted by atomic mass is 9.75. The number of hydrogen-bond acceptors (Lipinski definition) is 3. The maximum Gasteiger partial charge on any atom is 0.317 e. The Balaban J connectivity index is 1.65. The van der Waals surface area contributed by atoms with Crippen molar-refractivity contribution in [2.24, 2.45) is 22.7 Å². The highest BCUT2D eigenvalue weighted by Crippen LogP contribution is 2.35. The third-order valence-electron chi connectivity index (χ3n) is 6.38. The quantitative estimate of drug-likeness (QED) is 0.572. The number of urea groups is 1. The van der Waals surface area contributed by atoms with Crippen LogP contribution in [0.25, 0.3) is 0 Å². The van der Waals surface area contributed by atoms with E-state index >= 15 is 0 Å². The van der Waals surface area contributed by atoms with Crippen LogP contribution >= 0.6 is 0 Å². The summed E-state index contributed by atoms with van der Waals surface area (Å²) in [6.07, 6.45) is 3.93. The molecule has 1 N–H and O–H groups in total. The van der Waals surface area contributed by atoms with Gasteiger partial charge in [-0.2, -0.15) is 0 Å². The Morgan fingerprint density at radius 3 is 2.11 bits per heavy atom. The Morgan fingerprint density at radius 1 is 1.00 bits per heavy atom. The van der Waals surface area contributed by atoms with E-state index in [1.807, 2.05) is 25.7 Å².